The molecule has 0 aromatic heterocycles. The minimum atomic E-state index is -3.86. The Bertz CT molecular complexity index is 1360. The molecule has 0 fully saturated rings. The van der Waals surface area contributed by atoms with Gasteiger partial charge >= 0.3 is 0 Å². The van der Waals surface area contributed by atoms with Gasteiger partial charge in [0.2, 0.25) is 21.8 Å². The molecule has 1 N–H and O–H groups in total. The van der Waals surface area contributed by atoms with Crippen LogP contribution in [0, 0.1) is 5.82 Å². The molecule has 39 heavy (non-hydrogen) atoms. The van der Waals surface area contributed by atoms with Gasteiger partial charge in [0.05, 0.1) is 11.9 Å². The molecule has 3 rings (SSSR count). The van der Waals surface area contributed by atoms with Gasteiger partial charge in [-0.25, -0.2) is 12.8 Å². The highest BCUT2D eigenvalue weighted by Crippen LogP contribution is 2.23. The summed E-state index contributed by atoms with van der Waals surface area (Å²) < 4.78 is 41.4. The largest absolute Gasteiger partial charge is 0.355 e. The van der Waals surface area contributed by atoms with E-state index >= 15 is 0 Å². The van der Waals surface area contributed by atoms with Gasteiger partial charge in [-0.15, -0.1) is 0 Å². The number of halogens is 1. The van der Waals surface area contributed by atoms with E-state index in [4.69, 9.17) is 0 Å². The third-order valence-electron chi connectivity index (χ3n) is 6.45. The first-order chi connectivity index (χ1) is 18.5. The molecular formula is C30H36FN3O4S. The van der Waals surface area contributed by atoms with E-state index in [1.54, 1.807) is 37.3 Å². The molecule has 0 saturated carbocycles. The molecule has 0 bridgehead atoms. The Morgan fingerprint density at radius 3 is 2.10 bits per heavy atom. The summed E-state index contributed by atoms with van der Waals surface area (Å²) in [6, 6.07) is 21.2. The first-order valence-corrected chi connectivity index (χ1v) is 14.8. The normalized spacial score (nSPS) is 12.2. The minimum Gasteiger partial charge on any atom is -0.355 e. The quantitative estimate of drug-likeness (QED) is 0.358. The second-order valence-electron chi connectivity index (χ2n) is 9.73. The van der Waals surface area contributed by atoms with E-state index in [1.165, 1.54) is 11.0 Å². The van der Waals surface area contributed by atoms with E-state index in [0.717, 1.165) is 21.7 Å². The lowest BCUT2D eigenvalue weighted by Crippen LogP contribution is -2.53. The molecule has 7 nitrogen and oxygen atoms in total. The lowest BCUT2D eigenvalue weighted by molar-refractivity contribution is -0.140. The van der Waals surface area contributed by atoms with Crippen LogP contribution >= 0.6 is 0 Å². The Balaban J connectivity index is 2.04. The molecule has 9 heteroatoms. The number of benzene rings is 3. The van der Waals surface area contributed by atoms with Gasteiger partial charge in [-0.05, 0) is 42.2 Å². The molecule has 2 amide bonds. The molecule has 0 aliphatic carbocycles. The summed E-state index contributed by atoms with van der Waals surface area (Å²) >= 11 is 0. The lowest BCUT2D eigenvalue weighted by atomic mass is 10.0. The number of hydrogen-bond acceptors (Lipinski definition) is 4. The van der Waals surface area contributed by atoms with Crippen molar-refractivity contribution in [2.75, 3.05) is 23.7 Å². The molecule has 208 valence electrons. The summed E-state index contributed by atoms with van der Waals surface area (Å²) in [6.07, 6.45) is 1.21. The van der Waals surface area contributed by atoms with E-state index in [9.17, 15) is 22.4 Å². The Kier molecular flexibility index (Phi) is 10.2. The molecule has 0 aliphatic heterocycles. The van der Waals surface area contributed by atoms with E-state index in [-0.39, 0.29) is 24.4 Å². The van der Waals surface area contributed by atoms with Gasteiger partial charge in [-0.1, -0.05) is 74.5 Å². The summed E-state index contributed by atoms with van der Waals surface area (Å²) in [5.41, 5.74) is 2.39. The van der Waals surface area contributed by atoms with Gasteiger partial charge in [-0.3, -0.25) is 13.9 Å². The number of carbonyl (C=O) groups excluding carboxylic acids is 2. The van der Waals surface area contributed by atoms with Crippen LogP contribution in [0.2, 0.25) is 0 Å². The van der Waals surface area contributed by atoms with Gasteiger partial charge in [0.1, 0.15) is 18.4 Å². The summed E-state index contributed by atoms with van der Waals surface area (Å²) in [5.74, 6) is -1.30. The monoisotopic (exact) mass is 553 g/mol. The van der Waals surface area contributed by atoms with Crippen LogP contribution in [0.25, 0.3) is 0 Å². The Morgan fingerprint density at radius 2 is 1.54 bits per heavy atom. The standard InChI is InChI=1S/C30H36FN3O4S/c1-5-32-30(36)28(19-23-11-7-6-8-12-23)33(20-25-13-9-10-14-27(25)31)29(35)21-34(39(4,37)38)26-17-15-24(16-18-26)22(2)3/h6-18,22,28H,5,19-21H2,1-4H3,(H,32,36)/t28-/m1/s1. The van der Waals surface area contributed by atoms with Crippen LogP contribution in [0.4, 0.5) is 10.1 Å². The number of rotatable bonds is 12. The number of likely N-dealkylation sites (N-methyl/N-ethyl adjacent to an activating group) is 1. The van der Waals surface area contributed by atoms with E-state index in [0.29, 0.717) is 12.2 Å². The van der Waals surface area contributed by atoms with Crippen LogP contribution in [0.5, 0.6) is 0 Å². The zero-order valence-electron chi connectivity index (χ0n) is 22.8. The van der Waals surface area contributed by atoms with E-state index in [2.05, 4.69) is 5.32 Å². The third kappa shape index (κ3) is 8.13. The van der Waals surface area contributed by atoms with Crippen molar-refractivity contribution in [3.63, 3.8) is 0 Å². The van der Waals surface area contributed by atoms with Crippen molar-refractivity contribution in [2.45, 2.75) is 45.7 Å². The van der Waals surface area contributed by atoms with Crippen LogP contribution < -0.4 is 9.62 Å². The van der Waals surface area contributed by atoms with Crippen molar-refractivity contribution in [2.24, 2.45) is 0 Å². The predicted molar refractivity (Wildman–Crippen MR) is 152 cm³/mol. The second kappa shape index (κ2) is 13.4. The van der Waals surface area contributed by atoms with Gasteiger partial charge in [0.25, 0.3) is 0 Å². The van der Waals surface area contributed by atoms with Crippen LogP contribution in [0.3, 0.4) is 0 Å². The highest BCUT2D eigenvalue weighted by molar-refractivity contribution is 7.92. The average molecular weight is 554 g/mol. The molecule has 3 aromatic carbocycles. The highest BCUT2D eigenvalue weighted by Gasteiger charge is 2.33. The van der Waals surface area contributed by atoms with Gasteiger partial charge in [0.15, 0.2) is 0 Å². The summed E-state index contributed by atoms with van der Waals surface area (Å²) in [5, 5.41) is 2.78. The number of sulfonamides is 1. The molecule has 0 heterocycles. The molecule has 0 radical (unpaired) electrons. The molecule has 0 aliphatic rings. The van der Waals surface area contributed by atoms with Crippen LogP contribution in [0.15, 0.2) is 78.9 Å². The van der Waals surface area contributed by atoms with Crippen molar-refractivity contribution in [1.82, 2.24) is 10.2 Å². The van der Waals surface area contributed by atoms with Crippen LogP contribution in [0.1, 0.15) is 43.4 Å². The second-order valence-corrected chi connectivity index (χ2v) is 11.6. The van der Waals surface area contributed by atoms with Crippen molar-refractivity contribution >= 4 is 27.5 Å². The lowest BCUT2D eigenvalue weighted by Gasteiger charge is -2.33. The zero-order valence-corrected chi connectivity index (χ0v) is 23.6. The molecule has 0 saturated heterocycles. The molecule has 0 spiro atoms. The third-order valence-corrected chi connectivity index (χ3v) is 7.59. The van der Waals surface area contributed by atoms with Crippen molar-refractivity contribution < 1.29 is 22.4 Å². The number of carbonyl (C=O) groups is 2. The summed E-state index contributed by atoms with van der Waals surface area (Å²) in [6.45, 7) is 5.42. The van der Waals surface area contributed by atoms with E-state index in [1.807, 2.05) is 56.3 Å². The fourth-order valence-corrected chi connectivity index (χ4v) is 5.14. The SMILES string of the molecule is CCNC(=O)[C@@H](Cc1ccccc1)N(Cc1ccccc1F)C(=O)CN(c1ccc(C(C)C)cc1)S(C)(=O)=O. The van der Waals surface area contributed by atoms with Gasteiger partial charge in [-0.2, -0.15) is 0 Å². The number of anilines is 1. The van der Waals surface area contributed by atoms with Gasteiger partial charge < -0.3 is 10.2 Å². The summed E-state index contributed by atoms with van der Waals surface area (Å²) in [7, 11) is -3.86. The number of amides is 2. The first-order valence-electron chi connectivity index (χ1n) is 12.9. The van der Waals surface area contributed by atoms with Crippen molar-refractivity contribution in [1.29, 1.82) is 0 Å². The topological polar surface area (TPSA) is 86.8 Å². The number of hydrogen-bond donors (Lipinski definition) is 1. The maximum atomic E-state index is 14.7. The zero-order chi connectivity index (χ0) is 28.6. The minimum absolute atomic E-state index is 0.175. The molecular weight excluding hydrogens is 517 g/mol. The van der Waals surface area contributed by atoms with E-state index < -0.39 is 40.2 Å². The maximum Gasteiger partial charge on any atom is 0.244 e. The Morgan fingerprint density at radius 1 is 0.923 bits per heavy atom. The van der Waals surface area contributed by atoms with Crippen molar-refractivity contribution in [3.05, 3.63) is 101 Å². The highest BCUT2D eigenvalue weighted by atomic mass is 32.2. The van der Waals surface area contributed by atoms with Crippen LogP contribution in [-0.4, -0.2) is 50.5 Å². The predicted octanol–water partition coefficient (Wildman–Crippen LogP) is 4.49. The fraction of sp³-hybridized carbons (Fsp3) is 0.333. The summed E-state index contributed by atoms with van der Waals surface area (Å²) in [4.78, 5) is 28.5. The maximum absolute atomic E-state index is 14.7. The smallest absolute Gasteiger partial charge is 0.244 e. The Hall–Kier alpha value is -3.72. The molecule has 3 aromatic rings. The number of nitrogens with zero attached hydrogens (tertiary/aromatic N) is 2. The number of nitrogens with one attached hydrogen (secondary N) is 1. The van der Waals surface area contributed by atoms with Crippen molar-refractivity contribution in [3.8, 4) is 0 Å². The van der Waals surface area contributed by atoms with Crippen LogP contribution in [-0.2, 0) is 32.6 Å². The molecule has 1 atom stereocenters. The fourth-order valence-electron chi connectivity index (χ4n) is 4.30. The molecule has 0 unspecified atom stereocenters. The van der Waals surface area contributed by atoms with Gasteiger partial charge in [0, 0.05) is 25.1 Å². The average Bonchev–Trinajstić information content (AvgIpc) is 2.90. The Labute approximate surface area is 230 Å². The first kappa shape index (κ1) is 29.8.